The zero-order valence-electron chi connectivity index (χ0n) is 24.2. The summed E-state index contributed by atoms with van der Waals surface area (Å²) < 4.78 is 5.14. The van der Waals surface area contributed by atoms with E-state index in [1.807, 2.05) is 32.1 Å². The van der Waals surface area contributed by atoms with Crippen LogP contribution in [0.5, 0.6) is 0 Å². The molecule has 208 valence electrons. The molecule has 1 rings (SSSR count). The van der Waals surface area contributed by atoms with Crippen molar-refractivity contribution < 1.29 is 14.3 Å². The summed E-state index contributed by atoms with van der Waals surface area (Å²) >= 11 is 0. The number of nitrogens with one attached hydrogen (secondary N) is 2. The van der Waals surface area contributed by atoms with Crippen molar-refractivity contribution in [2.75, 3.05) is 19.6 Å². The summed E-state index contributed by atoms with van der Waals surface area (Å²) in [6.07, 6.45) is 14.8. The van der Waals surface area contributed by atoms with Crippen molar-refractivity contribution in [2.45, 2.75) is 92.6 Å². The Balaban J connectivity index is 2.98. The molecule has 0 heterocycles. The van der Waals surface area contributed by atoms with Crippen molar-refractivity contribution in [2.24, 2.45) is 11.8 Å². The molecular formula is C31H51N3O3. The first kappa shape index (κ1) is 32.3. The maximum Gasteiger partial charge on any atom is 0.407 e. The van der Waals surface area contributed by atoms with Gasteiger partial charge in [0.05, 0.1) is 6.10 Å². The van der Waals surface area contributed by atoms with Gasteiger partial charge in [-0.2, -0.15) is 0 Å². The van der Waals surface area contributed by atoms with Gasteiger partial charge in [0.2, 0.25) is 5.91 Å². The second-order valence-electron chi connectivity index (χ2n) is 10.5. The number of alkyl carbamates (subject to hydrolysis) is 1. The predicted octanol–water partition coefficient (Wildman–Crippen LogP) is 7.03. The lowest BCUT2D eigenvalue weighted by molar-refractivity contribution is -0.130. The fourth-order valence-corrected chi connectivity index (χ4v) is 4.15. The molecule has 1 aliphatic rings. The summed E-state index contributed by atoms with van der Waals surface area (Å²) in [5, 5.41) is 6.38. The largest absolute Gasteiger partial charge is 0.447 e. The molecule has 0 spiro atoms. The Kier molecular flexibility index (Phi) is 15.4. The van der Waals surface area contributed by atoms with Crippen molar-refractivity contribution in [1.82, 2.24) is 15.5 Å². The third kappa shape index (κ3) is 13.9. The van der Waals surface area contributed by atoms with Crippen molar-refractivity contribution in [3.8, 4) is 0 Å². The molecule has 37 heavy (non-hydrogen) atoms. The van der Waals surface area contributed by atoms with Gasteiger partial charge in [-0.3, -0.25) is 4.79 Å². The molecular weight excluding hydrogens is 462 g/mol. The zero-order valence-corrected chi connectivity index (χ0v) is 24.2. The van der Waals surface area contributed by atoms with E-state index in [4.69, 9.17) is 4.74 Å². The Hall–Kier alpha value is -2.76. The lowest BCUT2D eigenvalue weighted by Crippen LogP contribution is -2.39. The maximum atomic E-state index is 13.1. The summed E-state index contributed by atoms with van der Waals surface area (Å²) in [6.45, 7) is 21.9. The number of hydrogen-bond donors (Lipinski definition) is 2. The Bertz CT molecular complexity index is 844. The number of ether oxygens (including phenoxy) is 1. The van der Waals surface area contributed by atoms with E-state index in [2.05, 4.69) is 43.7 Å². The van der Waals surface area contributed by atoms with Gasteiger partial charge >= 0.3 is 6.09 Å². The Labute approximate surface area is 226 Å². The summed E-state index contributed by atoms with van der Waals surface area (Å²) in [7, 11) is 0. The summed E-state index contributed by atoms with van der Waals surface area (Å²) in [6, 6.07) is 0. The monoisotopic (exact) mass is 513 g/mol. The number of amides is 2. The van der Waals surface area contributed by atoms with Gasteiger partial charge in [-0.05, 0) is 77.0 Å². The Morgan fingerprint density at radius 2 is 1.65 bits per heavy atom. The van der Waals surface area contributed by atoms with Crippen molar-refractivity contribution >= 4 is 12.0 Å². The van der Waals surface area contributed by atoms with E-state index in [1.54, 1.807) is 18.7 Å². The van der Waals surface area contributed by atoms with Crippen molar-refractivity contribution in [3.63, 3.8) is 0 Å². The number of carbonyl (C=O) groups excluding carboxylic acids is 2. The fraction of sp³-hybridized carbons (Fsp3) is 0.613. The van der Waals surface area contributed by atoms with E-state index in [0.717, 1.165) is 48.3 Å². The highest BCUT2D eigenvalue weighted by Crippen LogP contribution is 2.33. The highest BCUT2D eigenvalue weighted by Gasteiger charge is 2.34. The molecule has 0 aromatic carbocycles. The minimum absolute atomic E-state index is 0.0554. The maximum absolute atomic E-state index is 13.1. The second kappa shape index (κ2) is 17.7. The molecule has 1 aliphatic carbocycles. The average molecular weight is 514 g/mol. The molecule has 0 radical (unpaired) electrons. The van der Waals surface area contributed by atoms with Gasteiger partial charge < -0.3 is 20.3 Å². The van der Waals surface area contributed by atoms with E-state index < -0.39 is 6.09 Å². The zero-order chi connectivity index (χ0) is 27.8. The highest BCUT2D eigenvalue weighted by atomic mass is 16.6. The van der Waals surface area contributed by atoms with E-state index in [-0.39, 0.29) is 17.9 Å². The van der Waals surface area contributed by atoms with Crippen LogP contribution in [0, 0.1) is 11.8 Å². The molecule has 1 saturated carbocycles. The average Bonchev–Trinajstić information content (AvgIpc) is 3.65. The Morgan fingerprint density at radius 3 is 2.16 bits per heavy atom. The van der Waals surface area contributed by atoms with Gasteiger partial charge in [0.15, 0.2) is 0 Å². The molecule has 6 nitrogen and oxygen atoms in total. The van der Waals surface area contributed by atoms with Crippen molar-refractivity contribution in [1.29, 1.82) is 0 Å². The summed E-state index contributed by atoms with van der Waals surface area (Å²) in [5.41, 5.74) is 3.82. The highest BCUT2D eigenvalue weighted by molar-refractivity contribution is 5.83. The van der Waals surface area contributed by atoms with Crippen molar-refractivity contribution in [3.05, 3.63) is 60.0 Å². The van der Waals surface area contributed by atoms with Crippen LogP contribution >= 0.6 is 0 Å². The normalized spacial score (nSPS) is 14.3. The van der Waals surface area contributed by atoms with Crippen LogP contribution in [0.2, 0.25) is 0 Å². The van der Waals surface area contributed by atoms with Gasteiger partial charge in [0.25, 0.3) is 0 Å². The van der Waals surface area contributed by atoms with Gasteiger partial charge in [-0.1, -0.05) is 57.6 Å². The van der Waals surface area contributed by atoms with Gasteiger partial charge in [0.1, 0.15) is 0 Å². The van der Waals surface area contributed by atoms with Crippen LogP contribution in [0.15, 0.2) is 60.0 Å². The number of rotatable bonds is 18. The number of carbonyl (C=O) groups is 2. The van der Waals surface area contributed by atoms with Crippen LogP contribution in [0.4, 0.5) is 4.79 Å². The summed E-state index contributed by atoms with van der Waals surface area (Å²) in [5.74, 6) is 0.815. The fourth-order valence-electron chi connectivity index (χ4n) is 4.15. The minimum Gasteiger partial charge on any atom is -0.447 e. The quantitative estimate of drug-likeness (QED) is 0.152. The first-order valence-corrected chi connectivity index (χ1v) is 14.0. The molecule has 0 aromatic rings. The molecule has 0 unspecified atom stereocenters. The van der Waals surface area contributed by atoms with Crippen LogP contribution in [0.1, 0.15) is 86.5 Å². The predicted molar refractivity (Wildman–Crippen MR) is 155 cm³/mol. The molecule has 0 saturated heterocycles. The number of hydrogen-bond acceptors (Lipinski definition) is 4. The molecule has 2 amide bonds. The standard InChI is InChI=1S/C31H51N3O3/c1-9-13-26(14-10-2)22-33-28(21-23(3)4)15-11-12-16-29(24(5)6)34(30(35)27-17-18-27)20-19-32-31(36)37-25(7)8/h11-12,15-16,25-27,33H,3,5,9-10,13-14,17-22H2,1-2,4,6-8H3,(H,32,36)/b12-11+,28-15-,29-16+. The van der Waals surface area contributed by atoms with Crippen LogP contribution in [0.3, 0.4) is 0 Å². The topological polar surface area (TPSA) is 70.7 Å². The van der Waals surface area contributed by atoms with Gasteiger partial charge in [-0.25, -0.2) is 4.79 Å². The first-order chi connectivity index (χ1) is 17.6. The second-order valence-corrected chi connectivity index (χ2v) is 10.5. The first-order valence-electron chi connectivity index (χ1n) is 14.0. The molecule has 0 atom stereocenters. The molecule has 2 N–H and O–H groups in total. The van der Waals surface area contributed by atoms with Gasteiger partial charge in [-0.15, -0.1) is 0 Å². The molecule has 0 aromatic heterocycles. The molecule has 6 heteroatoms. The lowest BCUT2D eigenvalue weighted by atomic mass is 9.98. The lowest BCUT2D eigenvalue weighted by Gasteiger charge is -2.26. The van der Waals surface area contributed by atoms with E-state index >= 15 is 0 Å². The molecule has 0 aliphatic heterocycles. The van der Waals surface area contributed by atoms with E-state index in [1.165, 1.54) is 25.7 Å². The molecule has 0 bridgehead atoms. The van der Waals surface area contributed by atoms with E-state index in [9.17, 15) is 9.59 Å². The van der Waals surface area contributed by atoms with Crippen LogP contribution in [-0.2, 0) is 9.53 Å². The SMILES string of the molecule is C=C(C)C/C(=C/C=C/C=C(\C(=C)C)N(CCNC(=O)OC(C)C)C(=O)C1CC1)NCC(CCC)CCC. The summed E-state index contributed by atoms with van der Waals surface area (Å²) in [4.78, 5) is 26.7. The van der Waals surface area contributed by atoms with Crippen LogP contribution < -0.4 is 10.6 Å². The third-order valence-electron chi connectivity index (χ3n) is 6.03. The van der Waals surface area contributed by atoms with Crippen LogP contribution in [-0.4, -0.2) is 42.6 Å². The Morgan fingerprint density at radius 1 is 1.03 bits per heavy atom. The van der Waals surface area contributed by atoms with Gasteiger partial charge in [0, 0.05) is 43.4 Å². The third-order valence-corrected chi connectivity index (χ3v) is 6.03. The van der Waals surface area contributed by atoms with E-state index in [0.29, 0.717) is 19.0 Å². The smallest absolute Gasteiger partial charge is 0.407 e. The minimum atomic E-state index is -0.475. The number of allylic oxidation sites excluding steroid dienone is 6. The molecule has 1 fully saturated rings. The van der Waals surface area contributed by atoms with Crippen LogP contribution in [0.25, 0.3) is 0 Å². The number of nitrogens with zero attached hydrogens (tertiary/aromatic N) is 1.